The smallest absolute Gasteiger partial charge is 0.330 e. The summed E-state index contributed by atoms with van der Waals surface area (Å²) in [6.07, 6.45) is 0.963. The lowest BCUT2D eigenvalue weighted by molar-refractivity contribution is -0.139. The second-order valence-electron chi connectivity index (χ2n) is 3.58. The predicted octanol–water partition coefficient (Wildman–Crippen LogP) is 2.49. The van der Waals surface area contributed by atoms with Gasteiger partial charge in [0.25, 0.3) is 0 Å². The summed E-state index contributed by atoms with van der Waals surface area (Å²) in [4.78, 5) is 10.8. The molecule has 1 rings (SSSR count). The van der Waals surface area contributed by atoms with Crippen LogP contribution in [0.15, 0.2) is 36.9 Å². The molecule has 3 heteroatoms. The van der Waals surface area contributed by atoms with Gasteiger partial charge < -0.3 is 9.47 Å². The molecule has 0 amide bonds. The Morgan fingerprint density at radius 3 is 2.62 bits per heavy atom. The number of rotatable bonds is 5. The molecule has 3 nitrogen and oxygen atoms in total. The van der Waals surface area contributed by atoms with Crippen molar-refractivity contribution >= 4 is 5.97 Å². The van der Waals surface area contributed by atoms with Crippen molar-refractivity contribution < 1.29 is 14.3 Å². The highest BCUT2D eigenvalue weighted by Gasteiger charge is 2.06. The normalized spacial score (nSPS) is 11.6. The molecule has 0 saturated carbocycles. The molecule has 1 atom stereocenters. The average molecular weight is 220 g/mol. The Bertz CT molecular complexity index is 354. The summed E-state index contributed by atoms with van der Waals surface area (Å²) in [5.41, 5.74) is 1.18. The maximum absolute atomic E-state index is 10.8. The van der Waals surface area contributed by atoms with Crippen LogP contribution in [-0.2, 0) is 9.53 Å². The third-order valence-corrected chi connectivity index (χ3v) is 1.99. The maximum Gasteiger partial charge on any atom is 0.330 e. The van der Waals surface area contributed by atoms with Crippen LogP contribution in [-0.4, -0.2) is 18.7 Å². The Morgan fingerprint density at radius 1 is 1.44 bits per heavy atom. The largest absolute Gasteiger partial charge is 0.487 e. The van der Waals surface area contributed by atoms with E-state index in [0.29, 0.717) is 0 Å². The first-order chi connectivity index (χ1) is 7.61. The Kier molecular flexibility index (Phi) is 4.58. The number of aryl methyl sites for hydroxylation is 1. The molecule has 1 unspecified atom stereocenters. The van der Waals surface area contributed by atoms with Crippen LogP contribution >= 0.6 is 0 Å². The van der Waals surface area contributed by atoms with Gasteiger partial charge in [0.2, 0.25) is 0 Å². The van der Waals surface area contributed by atoms with Crippen molar-refractivity contribution in [1.82, 2.24) is 0 Å². The van der Waals surface area contributed by atoms with Crippen LogP contribution in [0, 0.1) is 6.92 Å². The van der Waals surface area contributed by atoms with Crippen molar-refractivity contribution in [2.45, 2.75) is 20.0 Å². The van der Waals surface area contributed by atoms with E-state index < -0.39 is 5.97 Å². The highest BCUT2D eigenvalue weighted by atomic mass is 16.6. The molecule has 0 spiro atoms. The van der Waals surface area contributed by atoms with Gasteiger partial charge in [-0.2, -0.15) is 0 Å². The number of carbonyl (C=O) groups is 1. The second-order valence-corrected chi connectivity index (χ2v) is 3.58. The van der Waals surface area contributed by atoms with Gasteiger partial charge in [-0.05, 0) is 26.0 Å². The number of carbonyl (C=O) groups excluding carboxylic acids is 1. The van der Waals surface area contributed by atoms with E-state index in [4.69, 9.17) is 9.47 Å². The molecule has 0 radical (unpaired) electrons. The zero-order valence-corrected chi connectivity index (χ0v) is 9.60. The van der Waals surface area contributed by atoms with Crippen LogP contribution in [0.4, 0.5) is 0 Å². The van der Waals surface area contributed by atoms with E-state index >= 15 is 0 Å². The van der Waals surface area contributed by atoms with E-state index in [1.807, 2.05) is 38.1 Å². The fourth-order valence-electron chi connectivity index (χ4n) is 1.14. The Labute approximate surface area is 95.7 Å². The van der Waals surface area contributed by atoms with E-state index in [-0.39, 0.29) is 12.7 Å². The summed E-state index contributed by atoms with van der Waals surface area (Å²) in [7, 11) is 0. The molecule has 0 aromatic heterocycles. The van der Waals surface area contributed by atoms with Gasteiger partial charge in [0.1, 0.15) is 18.5 Å². The highest BCUT2D eigenvalue weighted by molar-refractivity contribution is 5.81. The molecule has 0 heterocycles. The minimum absolute atomic E-state index is 0.174. The number of benzene rings is 1. The molecule has 86 valence electrons. The predicted molar refractivity (Wildman–Crippen MR) is 62.4 cm³/mol. The van der Waals surface area contributed by atoms with Crippen LogP contribution in [0.25, 0.3) is 0 Å². The first-order valence-electron chi connectivity index (χ1n) is 5.14. The van der Waals surface area contributed by atoms with E-state index in [1.165, 1.54) is 5.56 Å². The summed E-state index contributed by atoms with van der Waals surface area (Å²) >= 11 is 0. The quantitative estimate of drug-likeness (QED) is 0.565. The van der Waals surface area contributed by atoms with Gasteiger partial charge >= 0.3 is 5.97 Å². The molecule has 1 aromatic carbocycles. The van der Waals surface area contributed by atoms with Gasteiger partial charge in [-0.25, -0.2) is 4.79 Å². The van der Waals surface area contributed by atoms with E-state index in [1.54, 1.807) is 0 Å². The number of esters is 1. The first kappa shape index (κ1) is 12.3. The lowest BCUT2D eigenvalue weighted by Crippen LogP contribution is -2.20. The molecule has 0 fully saturated rings. The molecule has 0 aliphatic heterocycles. The lowest BCUT2D eigenvalue weighted by Gasteiger charge is -2.14. The fourth-order valence-corrected chi connectivity index (χ4v) is 1.14. The summed E-state index contributed by atoms with van der Waals surface area (Å²) < 4.78 is 10.4. The van der Waals surface area contributed by atoms with E-state index in [2.05, 4.69) is 6.58 Å². The lowest BCUT2D eigenvalue weighted by atomic mass is 10.2. The Balaban J connectivity index is 2.39. The van der Waals surface area contributed by atoms with Crippen LogP contribution in [0.1, 0.15) is 12.5 Å². The van der Waals surface area contributed by atoms with Gasteiger partial charge in [0.15, 0.2) is 0 Å². The van der Waals surface area contributed by atoms with Gasteiger partial charge in [-0.3, -0.25) is 0 Å². The van der Waals surface area contributed by atoms with Gasteiger partial charge in [-0.15, -0.1) is 0 Å². The number of hydrogen-bond donors (Lipinski definition) is 0. The van der Waals surface area contributed by atoms with Gasteiger partial charge in [0.05, 0.1) is 0 Å². The third kappa shape index (κ3) is 4.17. The van der Waals surface area contributed by atoms with E-state index in [0.717, 1.165) is 11.8 Å². The third-order valence-electron chi connectivity index (χ3n) is 1.99. The Morgan fingerprint density at radius 2 is 2.06 bits per heavy atom. The summed E-state index contributed by atoms with van der Waals surface area (Å²) in [5, 5.41) is 0. The molecular formula is C13H16O3. The van der Waals surface area contributed by atoms with Crippen LogP contribution < -0.4 is 4.74 Å². The summed E-state index contributed by atoms with van der Waals surface area (Å²) in [6.45, 7) is 7.39. The molecule has 16 heavy (non-hydrogen) atoms. The molecule has 0 aliphatic rings. The summed E-state index contributed by atoms with van der Waals surface area (Å²) in [5.74, 6) is 0.340. The van der Waals surface area contributed by atoms with Gasteiger partial charge in [-0.1, -0.05) is 24.3 Å². The highest BCUT2D eigenvalue weighted by Crippen LogP contribution is 2.13. The van der Waals surface area contributed by atoms with Gasteiger partial charge in [0, 0.05) is 6.08 Å². The zero-order chi connectivity index (χ0) is 12.0. The SMILES string of the molecule is C=CC(=O)OCC(C)Oc1ccc(C)cc1. The van der Waals surface area contributed by atoms with Crippen LogP contribution in [0.2, 0.25) is 0 Å². The average Bonchev–Trinajstić information content (AvgIpc) is 2.29. The first-order valence-corrected chi connectivity index (χ1v) is 5.14. The molecule has 0 N–H and O–H groups in total. The van der Waals surface area contributed by atoms with Crippen molar-refractivity contribution in [1.29, 1.82) is 0 Å². The van der Waals surface area contributed by atoms with Crippen LogP contribution in [0.3, 0.4) is 0 Å². The standard InChI is InChI=1S/C13H16O3/c1-4-13(14)15-9-11(3)16-12-7-5-10(2)6-8-12/h4-8,11H,1,9H2,2-3H3. The Hall–Kier alpha value is -1.77. The van der Waals surface area contributed by atoms with Crippen molar-refractivity contribution in [3.05, 3.63) is 42.5 Å². The summed E-state index contributed by atoms with van der Waals surface area (Å²) in [6, 6.07) is 7.72. The zero-order valence-electron chi connectivity index (χ0n) is 9.60. The van der Waals surface area contributed by atoms with Crippen LogP contribution in [0.5, 0.6) is 5.75 Å². The monoisotopic (exact) mass is 220 g/mol. The molecule has 0 bridgehead atoms. The van der Waals surface area contributed by atoms with E-state index in [9.17, 15) is 4.79 Å². The van der Waals surface area contributed by atoms with Crippen molar-refractivity contribution in [3.63, 3.8) is 0 Å². The topological polar surface area (TPSA) is 35.5 Å². The molecule has 1 aromatic rings. The van der Waals surface area contributed by atoms with Crippen molar-refractivity contribution in [2.24, 2.45) is 0 Å². The number of hydrogen-bond acceptors (Lipinski definition) is 3. The molecule has 0 saturated heterocycles. The molecule has 0 aliphatic carbocycles. The van der Waals surface area contributed by atoms with Crippen molar-refractivity contribution in [3.8, 4) is 5.75 Å². The minimum atomic E-state index is -0.431. The second kappa shape index (κ2) is 5.95. The van der Waals surface area contributed by atoms with Crippen molar-refractivity contribution in [2.75, 3.05) is 6.61 Å². The minimum Gasteiger partial charge on any atom is -0.487 e. The fraction of sp³-hybridized carbons (Fsp3) is 0.308. The maximum atomic E-state index is 10.8. The number of ether oxygens (including phenoxy) is 2. The molecular weight excluding hydrogens is 204 g/mol.